The summed E-state index contributed by atoms with van der Waals surface area (Å²) < 4.78 is 32.6. The first-order valence-corrected chi connectivity index (χ1v) is 7.73. The Labute approximate surface area is 117 Å². The van der Waals surface area contributed by atoms with Gasteiger partial charge in [0.1, 0.15) is 0 Å². The molecule has 0 heterocycles. The first kappa shape index (κ1) is 16.2. The summed E-state index contributed by atoms with van der Waals surface area (Å²) in [5.41, 5.74) is 0.596. The molecule has 0 atom stereocenters. The molecule has 0 bridgehead atoms. The predicted molar refractivity (Wildman–Crippen MR) is 76.8 cm³/mol. The zero-order valence-electron chi connectivity index (χ0n) is 11.5. The van der Waals surface area contributed by atoms with E-state index in [4.69, 9.17) is 4.74 Å². The van der Waals surface area contributed by atoms with Crippen molar-refractivity contribution >= 4 is 11.8 Å². The maximum atomic E-state index is 13.7. The fourth-order valence-corrected chi connectivity index (χ4v) is 2.10. The molecule has 0 saturated carbocycles. The van der Waals surface area contributed by atoms with Gasteiger partial charge in [0.05, 0.1) is 6.61 Å². The molecule has 0 amide bonds. The van der Waals surface area contributed by atoms with Crippen LogP contribution in [-0.2, 0) is 6.54 Å². The zero-order chi connectivity index (χ0) is 14.1. The van der Waals surface area contributed by atoms with Gasteiger partial charge in [0, 0.05) is 12.3 Å². The summed E-state index contributed by atoms with van der Waals surface area (Å²) in [6.07, 6.45) is 0.987. The summed E-state index contributed by atoms with van der Waals surface area (Å²) >= 11 is 1.68. The van der Waals surface area contributed by atoms with Crippen molar-refractivity contribution in [3.8, 4) is 5.75 Å². The highest BCUT2D eigenvalue weighted by Crippen LogP contribution is 2.23. The third-order valence-electron chi connectivity index (χ3n) is 2.49. The van der Waals surface area contributed by atoms with Crippen LogP contribution in [0.3, 0.4) is 0 Å². The van der Waals surface area contributed by atoms with Crippen molar-refractivity contribution in [1.82, 2.24) is 5.32 Å². The smallest absolute Gasteiger partial charge is 0.190 e. The van der Waals surface area contributed by atoms with Crippen molar-refractivity contribution in [2.75, 3.05) is 24.7 Å². The minimum Gasteiger partial charge on any atom is -0.487 e. The lowest BCUT2D eigenvalue weighted by Crippen LogP contribution is -2.14. The van der Waals surface area contributed by atoms with Gasteiger partial charge in [0.2, 0.25) is 0 Å². The number of benzene rings is 1. The van der Waals surface area contributed by atoms with Crippen molar-refractivity contribution in [3.63, 3.8) is 0 Å². The Morgan fingerprint density at radius 2 is 1.89 bits per heavy atom. The molecule has 0 aliphatic carbocycles. The van der Waals surface area contributed by atoms with Gasteiger partial charge in [0.25, 0.3) is 0 Å². The molecule has 1 N–H and O–H groups in total. The lowest BCUT2D eigenvalue weighted by Gasteiger charge is -2.10. The van der Waals surface area contributed by atoms with Crippen LogP contribution in [0.25, 0.3) is 0 Å². The highest BCUT2D eigenvalue weighted by atomic mass is 32.2. The minimum atomic E-state index is -0.630. The van der Waals surface area contributed by atoms with Crippen LogP contribution in [0, 0.1) is 11.6 Å². The predicted octanol–water partition coefficient (Wildman–Crippen LogP) is 3.60. The summed E-state index contributed by atoms with van der Waals surface area (Å²) in [5.74, 6) is 0.173. The third kappa shape index (κ3) is 5.78. The second kappa shape index (κ2) is 9.15. The van der Waals surface area contributed by atoms with Crippen molar-refractivity contribution < 1.29 is 13.5 Å². The molecule has 0 aliphatic rings. The first-order chi connectivity index (χ1) is 9.19. The number of halogens is 2. The fourth-order valence-electron chi connectivity index (χ4n) is 1.61. The Hall–Kier alpha value is -0.810. The molecule has 5 heteroatoms. The van der Waals surface area contributed by atoms with Crippen LogP contribution >= 0.6 is 11.8 Å². The van der Waals surface area contributed by atoms with Gasteiger partial charge in [0.15, 0.2) is 17.4 Å². The van der Waals surface area contributed by atoms with Crippen molar-refractivity contribution in [2.24, 2.45) is 0 Å². The van der Waals surface area contributed by atoms with E-state index in [1.807, 2.05) is 13.8 Å². The highest BCUT2D eigenvalue weighted by Gasteiger charge is 2.12. The molecule has 0 radical (unpaired) electrons. The topological polar surface area (TPSA) is 21.3 Å². The van der Waals surface area contributed by atoms with Crippen LogP contribution in [0.4, 0.5) is 8.78 Å². The molecule has 1 aromatic rings. The molecule has 0 aromatic heterocycles. The fraction of sp³-hybridized carbons (Fsp3) is 0.571. The molecule has 0 aliphatic heterocycles. The second-order valence-corrected chi connectivity index (χ2v) is 5.50. The lowest BCUT2D eigenvalue weighted by atomic mass is 10.2. The van der Waals surface area contributed by atoms with E-state index >= 15 is 0 Å². The molecule has 1 aromatic carbocycles. The maximum absolute atomic E-state index is 13.7. The van der Waals surface area contributed by atoms with Crippen molar-refractivity contribution in [2.45, 2.75) is 26.8 Å². The largest absolute Gasteiger partial charge is 0.487 e. The average Bonchev–Trinajstić information content (AvgIpc) is 2.37. The zero-order valence-corrected chi connectivity index (χ0v) is 12.3. The number of rotatable bonds is 9. The van der Waals surface area contributed by atoms with Crippen LogP contribution in [0.1, 0.15) is 25.8 Å². The summed E-state index contributed by atoms with van der Waals surface area (Å²) in [6.45, 7) is 5.69. The third-order valence-corrected chi connectivity index (χ3v) is 3.36. The van der Waals surface area contributed by atoms with Gasteiger partial charge in [-0.2, -0.15) is 11.8 Å². The van der Waals surface area contributed by atoms with Gasteiger partial charge in [-0.3, -0.25) is 0 Å². The Balaban J connectivity index is 2.58. The average molecular weight is 289 g/mol. The lowest BCUT2D eigenvalue weighted by molar-refractivity contribution is 0.305. The summed E-state index contributed by atoms with van der Waals surface area (Å²) in [6, 6.07) is 2.65. The molecule has 1 rings (SSSR count). The standard InChI is InChI=1S/C14H21F2NOS/c1-3-5-17-10-11-8-12(15)14(13(16)9-11)18-6-7-19-4-2/h8-9,17H,3-7,10H2,1-2H3. The SMILES string of the molecule is CCCNCc1cc(F)c(OCCSCC)c(F)c1. The van der Waals surface area contributed by atoms with E-state index in [-0.39, 0.29) is 5.75 Å². The number of thioether (sulfide) groups is 1. The summed E-state index contributed by atoms with van der Waals surface area (Å²) in [7, 11) is 0. The first-order valence-electron chi connectivity index (χ1n) is 6.58. The number of hydrogen-bond acceptors (Lipinski definition) is 3. The molecular weight excluding hydrogens is 268 g/mol. The van der Waals surface area contributed by atoms with Crippen LogP contribution in [-0.4, -0.2) is 24.7 Å². The molecule has 0 spiro atoms. The van der Waals surface area contributed by atoms with Gasteiger partial charge >= 0.3 is 0 Å². The minimum absolute atomic E-state index is 0.268. The van der Waals surface area contributed by atoms with E-state index in [0.29, 0.717) is 18.7 Å². The van der Waals surface area contributed by atoms with E-state index in [0.717, 1.165) is 24.5 Å². The monoisotopic (exact) mass is 289 g/mol. The number of ether oxygens (including phenoxy) is 1. The van der Waals surface area contributed by atoms with Gasteiger partial charge in [-0.15, -0.1) is 0 Å². The van der Waals surface area contributed by atoms with Gasteiger partial charge in [-0.1, -0.05) is 13.8 Å². The normalized spacial score (nSPS) is 10.7. The Morgan fingerprint density at radius 1 is 1.21 bits per heavy atom. The number of hydrogen-bond donors (Lipinski definition) is 1. The Bertz CT molecular complexity index is 365. The van der Waals surface area contributed by atoms with Crippen LogP contribution < -0.4 is 10.1 Å². The highest BCUT2D eigenvalue weighted by molar-refractivity contribution is 7.99. The van der Waals surface area contributed by atoms with Crippen molar-refractivity contribution in [1.29, 1.82) is 0 Å². The molecule has 2 nitrogen and oxygen atoms in total. The quantitative estimate of drug-likeness (QED) is 0.702. The molecular formula is C14H21F2NOS. The Morgan fingerprint density at radius 3 is 2.47 bits per heavy atom. The second-order valence-electron chi connectivity index (χ2n) is 4.11. The van der Waals surface area contributed by atoms with Crippen molar-refractivity contribution in [3.05, 3.63) is 29.3 Å². The van der Waals surface area contributed by atoms with E-state index in [1.165, 1.54) is 12.1 Å². The maximum Gasteiger partial charge on any atom is 0.190 e. The van der Waals surface area contributed by atoms with Crippen LogP contribution in [0.15, 0.2) is 12.1 Å². The van der Waals surface area contributed by atoms with E-state index in [1.54, 1.807) is 11.8 Å². The summed E-state index contributed by atoms with van der Waals surface area (Å²) in [5, 5.41) is 3.11. The van der Waals surface area contributed by atoms with Crippen LogP contribution in [0.2, 0.25) is 0 Å². The molecule has 0 saturated heterocycles. The van der Waals surface area contributed by atoms with Crippen LogP contribution in [0.5, 0.6) is 5.75 Å². The molecule has 19 heavy (non-hydrogen) atoms. The number of nitrogens with one attached hydrogen (secondary N) is 1. The molecule has 0 unspecified atom stereocenters. The van der Waals surface area contributed by atoms with Gasteiger partial charge in [-0.25, -0.2) is 8.78 Å². The van der Waals surface area contributed by atoms with Gasteiger partial charge in [-0.05, 0) is 36.4 Å². The molecule has 108 valence electrons. The Kier molecular flexibility index (Phi) is 7.82. The molecule has 0 fully saturated rings. The van der Waals surface area contributed by atoms with E-state index < -0.39 is 11.6 Å². The van der Waals surface area contributed by atoms with Gasteiger partial charge < -0.3 is 10.1 Å². The van der Waals surface area contributed by atoms with E-state index in [2.05, 4.69) is 5.32 Å². The van der Waals surface area contributed by atoms with E-state index in [9.17, 15) is 8.78 Å². The summed E-state index contributed by atoms with van der Waals surface area (Å²) in [4.78, 5) is 0.